The lowest BCUT2D eigenvalue weighted by Gasteiger charge is -2.12. The van der Waals surface area contributed by atoms with E-state index in [-0.39, 0.29) is 36.4 Å². The molecule has 1 fully saturated rings. The van der Waals surface area contributed by atoms with Crippen LogP contribution in [0.4, 0.5) is 0 Å². The molecule has 0 aromatic heterocycles. The first-order valence-electron chi connectivity index (χ1n) is 6.35. The predicted molar refractivity (Wildman–Crippen MR) is 85.4 cm³/mol. The van der Waals surface area contributed by atoms with Gasteiger partial charge in [0.2, 0.25) is 5.91 Å². The van der Waals surface area contributed by atoms with Crippen LogP contribution in [0.15, 0.2) is 4.99 Å². The molecular weight excluding hydrogens is 343 g/mol. The SMILES string of the molecule is CCCNC(=NCC(=O)N(C)C)NCC1CC1.I. The minimum Gasteiger partial charge on any atom is -0.356 e. The third-order valence-corrected chi connectivity index (χ3v) is 2.67. The van der Waals surface area contributed by atoms with Gasteiger partial charge in [-0.1, -0.05) is 6.92 Å². The third kappa shape index (κ3) is 7.73. The first-order valence-corrected chi connectivity index (χ1v) is 6.35. The van der Waals surface area contributed by atoms with Crippen LogP contribution in [0, 0.1) is 5.92 Å². The molecule has 6 heteroatoms. The van der Waals surface area contributed by atoms with Crippen molar-refractivity contribution in [3.63, 3.8) is 0 Å². The van der Waals surface area contributed by atoms with Crippen LogP contribution in [0.5, 0.6) is 0 Å². The van der Waals surface area contributed by atoms with E-state index in [9.17, 15) is 4.79 Å². The molecule has 1 amide bonds. The molecule has 0 saturated heterocycles. The van der Waals surface area contributed by atoms with Crippen LogP contribution >= 0.6 is 24.0 Å². The summed E-state index contributed by atoms with van der Waals surface area (Å²) in [5.74, 6) is 1.58. The van der Waals surface area contributed by atoms with E-state index in [4.69, 9.17) is 0 Å². The van der Waals surface area contributed by atoms with Crippen molar-refractivity contribution in [1.29, 1.82) is 0 Å². The molecule has 2 N–H and O–H groups in total. The fourth-order valence-electron chi connectivity index (χ4n) is 1.27. The van der Waals surface area contributed by atoms with E-state index in [0.717, 1.165) is 31.4 Å². The van der Waals surface area contributed by atoms with Gasteiger partial charge < -0.3 is 15.5 Å². The van der Waals surface area contributed by atoms with Crippen molar-refractivity contribution in [2.24, 2.45) is 10.9 Å². The quantitative estimate of drug-likeness (QED) is 0.419. The molecule has 0 spiro atoms. The molecule has 0 aromatic rings. The summed E-state index contributed by atoms with van der Waals surface area (Å²) in [4.78, 5) is 17.3. The van der Waals surface area contributed by atoms with Gasteiger partial charge in [0.25, 0.3) is 0 Å². The van der Waals surface area contributed by atoms with Crippen molar-refractivity contribution in [1.82, 2.24) is 15.5 Å². The summed E-state index contributed by atoms with van der Waals surface area (Å²) < 4.78 is 0. The first kappa shape index (κ1) is 17.5. The minimum atomic E-state index is 0. The average Bonchev–Trinajstić information content (AvgIpc) is 3.11. The number of nitrogens with zero attached hydrogens (tertiary/aromatic N) is 2. The maximum Gasteiger partial charge on any atom is 0.243 e. The number of halogens is 1. The summed E-state index contributed by atoms with van der Waals surface area (Å²) in [5.41, 5.74) is 0. The summed E-state index contributed by atoms with van der Waals surface area (Å²) >= 11 is 0. The highest BCUT2D eigenvalue weighted by Crippen LogP contribution is 2.27. The van der Waals surface area contributed by atoms with Crippen molar-refractivity contribution >= 4 is 35.8 Å². The molecule has 106 valence electrons. The van der Waals surface area contributed by atoms with E-state index in [1.54, 1.807) is 19.0 Å². The Morgan fingerprint density at radius 1 is 1.33 bits per heavy atom. The number of carbonyl (C=O) groups excluding carboxylic acids is 1. The highest BCUT2D eigenvalue weighted by Gasteiger charge is 2.21. The van der Waals surface area contributed by atoms with E-state index in [1.165, 1.54) is 12.8 Å². The lowest BCUT2D eigenvalue weighted by molar-refractivity contribution is -0.127. The number of hydrogen-bond acceptors (Lipinski definition) is 2. The Hall–Kier alpha value is -0.530. The van der Waals surface area contributed by atoms with Gasteiger partial charge in [0.05, 0.1) is 0 Å². The summed E-state index contributed by atoms with van der Waals surface area (Å²) in [7, 11) is 3.49. The molecule has 1 aliphatic carbocycles. The van der Waals surface area contributed by atoms with Crippen molar-refractivity contribution < 1.29 is 4.79 Å². The summed E-state index contributed by atoms with van der Waals surface area (Å²) in [6, 6.07) is 0. The monoisotopic (exact) mass is 368 g/mol. The van der Waals surface area contributed by atoms with E-state index < -0.39 is 0 Å². The summed E-state index contributed by atoms with van der Waals surface area (Å²) in [5, 5.41) is 6.49. The van der Waals surface area contributed by atoms with Gasteiger partial charge >= 0.3 is 0 Å². The standard InChI is InChI=1S/C12H24N4O.HI/c1-4-7-13-12(14-8-10-5-6-10)15-9-11(17)16(2)3;/h10H,4-9H2,1-3H3,(H2,13,14,15);1H. The fraction of sp³-hybridized carbons (Fsp3) is 0.833. The van der Waals surface area contributed by atoms with Crippen LogP contribution in [0.3, 0.4) is 0 Å². The number of rotatable bonds is 6. The van der Waals surface area contributed by atoms with E-state index in [1.807, 2.05) is 0 Å². The van der Waals surface area contributed by atoms with Gasteiger partial charge in [0.1, 0.15) is 6.54 Å². The van der Waals surface area contributed by atoms with Crippen LogP contribution in [0.1, 0.15) is 26.2 Å². The number of guanidine groups is 1. The Labute approximate surface area is 127 Å². The molecule has 0 heterocycles. The second-order valence-electron chi connectivity index (χ2n) is 4.70. The van der Waals surface area contributed by atoms with E-state index in [0.29, 0.717) is 0 Å². The highest BCUT2D eigenvalue weighted by atomic mass is 127. The predicted octanol–water partition coefficient (Wildman–Crippen LogP) is 1.05. The Balaban J connectivity index is 0.00000289. The number of hydrogen-bond donors (Lipinski definition) is 2. The maximum absolute atomic E-state index is 11.4. The van der Waals surface area contributed by atoms with Crippen molar-refractivity contribution in [2.45, 2.75) is 26.2 Å². The van der Waals surface area contributed by atoms with Crippen LogP contribution < -0.4 is 10.6 Å². The van der Waals surface area contributed by atoms with Gasteiger partial charge in [-0.25, -0.2) is 4.99 Å². The van der Waals surface area contributed by atoms with Gasteiger partial charge in [-0.3, -0.25) is 4.79 Å². The number of amides is 1. The number of carbonyl (C=O) groups is 1. The van der Waals surface area contributed by atoms with Gasteiger partial charge in [-0.05, 0) is 25.2 Å². The van der Waals surface area contributed by atoms with Crippen molar-refractivity contribution in [3.05, 3.63) is 0 Å². The molecule has 5 nitrogen and oxygen atoms in total. The molecular formula is C12H25IN4O. The van der Waals surface area contributed by atoms with Crippen LogP contribution in [-0.2, 0) is 4.79 Å². The van der Waals surface area contributed by atoms with Crippen molar-refractivity contribution in [2.75, 3.05) is 33.7 Å². The number of aliphatic imine (C=N–C) groups is 1. The Bertz CT molecular complexity index is 277. The zero-order valence-corrected chi connectivity index (χ0v) is 13.9. The number of likely N-dealkylation sites (N-methyl/N-ethyl adjacent to an activating group) is 1. The van der Waals surface area contributed by atoms with Crippen LogP contribution in [0.25, 0.3) is 0 Å². The normalized spacial score (nSPS) is 14.7. The molecule has 0 atom stereocenters. The van der Waals surface area contributed by atoms with E-state index >= 15 is 0 Å². The zero-order chi connectivity index (χ0) is 12.7. The molecule has 18 heavy (non-hydrogen) atoms. The third-order valence-electron chi connectivity index (χ3n) is 2.67. The molecule has 0 radical (unpaired) electrons. The van der Waals surface area contributed by atoms with Crippen LogP contribution in [-0.4, -0.2) is 50.5 Å². The largest absolute Gasteiger partial charge is 0.356 e. The Kier molecular flexibility index (Phi) is 9.13. The molecule has 1 rings (SSSR count). The molecule has 0 aromatic carbocycles. The second-order valence-corrected chi connectivity index (χ2v) is 4.70. The Morgan fingerprint density at radius 3 is 2.50 bits per heavy atom. The number of nitrogens with one attached hydrogen (secondary N) is 2. The van der Waals surface area contributed by atoms with Crippen molar-refractivity contribution in [3.8, 4) is 0 Å². The smallest absolute Gasteiger partial charge is 0.243 e. The van der Waals surface area contributed by atoms with Crippen LogP contribution in [0.2, 0.25) is 0 Å². The zero-order valence-electron chi connectivity index (χ0n) is 11.5. The molecule has 1 saturated carbocycles. The van der Waals surface area contributed by atoms with Gasteiger partial charge in [-0.2, -0.15) is 0 Å². The lowest BCUT2D eigenvalue weighted by atomic mass is 10.4. The van der Waals surface area contributed by atoms with Gasteiger partial charge in [0.15, 0.2) is 5.96 Å². The molecule has 0 aliphatic heterocycles. The van der Waals surface area contributed by atoms with Gasteiger partial charge in [0, 0.05) is 27.2 Å². The first-order chi connectivity index (χ1) is 8.13. The minimum absolute atomic E-state index is 0. The lowest BCUT2D eigenvalue weighted by Crippen LogP contribution is -2.39. The maximum atomic E-state index is 11.4. The molecule has 0 bridgehead atoms. The topological polar surface area (TPSA) is 56.7 Å². The molecule has 1 aliphatic rings. The summed E-state index contributed by atoms with van der Waals surface area (Å²) in [6.45, 7) is 4.16. The van der Waals surface area contributed by atoms with E-state index in [2.05, 4.69) is 22.5 Å². The van der Waals surface area contributed by atoms with Gasteiger partial charge in [-0.15, -0.1) is 24.0 Å². The average molecular weight is 368 g/mol. The molecule has 0 unspecified atom stereocenters. The second kappa shape index (κ2) is 9.41. The summed E-state index contributed by atoms with van der Waals surface area (Å²) in [6.07, 6.45) is 3.67. The fourth-order valence-corrected chi connectivity index (χ4v) is 1.27. The highest BCUT2D eigenvalue weighted by molar-refractivity contribution is 14.0. The Morgan fingerprint density at radius 2 is 2.00 bits per heavy atom.